The SMILES string of the molecule is C=CC(CCC)(CCCCC)c1ccccc1. The number of rotatable bonds is 8. The molecule has 1 aromatic carbocycles. The average Bonchev–Trinajstić information content (AvgIpc) is 2.39. The highest BCUT2D eigenvalue weighted by atomic mass is 14.3. The summed E-state index contributed by atoms with van der Waals surface area (Å²) in [4.78, 5) is 0. The summed E-state index contributed by atoms with van der Waals surface area (Å²) in [6.07, 6.45) is 9.76. The molecule has 0 nitrogen and oxygen atoms in total. The first-order chi connectivity index (χ1) is 8.29. The zero-order chi connectivity index (χ0) is 12.6. The molecule has 1 unspecified atom stereocenters. The van der Waals surface area contributed by atoms with Crippen LogP contribution < -0.4 is 0 Å². The number of hydrogen-bond donors (Lipinski definition) is 0. The highest BCUT2D eigenvalue weighted by molar-refractivity contribution is 5.30. The summed E-state index contributed by atoms with van der Waals surface area (Å²) in [5, 5.41) is 0. The van der Waals surface area contributed by atoms with Gasteiger partial charge in [-0.15, -0.1) is 6.58 Å². The van der Waals surface area contributed by atoms with Crippen molar-refractivity contribution in [3.8, 4) is 0 Å². The van der Waals surface area contributed by atoms with Crippen LogP contribution in [0.2, 0.25) is 0 Å². The van der Waals surface area contributed by atoms with E-state index in [-0.39, 0.29) is 5.41 Å². The van der Waals surface area contributed by atoms with Gasteiger partial charge in [-0.1, -0.05) is 75.9 Å². The van der Waals surface area contributed by atoms with Gasteiger partial charge in [0.1, 0.15) is 0 Å². The monoisotopic (exact) mass is 230 g/mol. The van der Waals surface area contributed by atoms with Crippen LogP contribution >= 0.6 is 0 Å². The van der Waals surface area contributed by atoms with E-state index in [1.807, 2.05) is 0 Å². The van der Waals surface area contributed by atoms with Crippen molar-refractivity contribution in [3.63, 3.8) is 0 Å². The Morgan fingerprint density at radius 1 is 1.00 bits per heavy atom. The molecular weight excluding hydrogens is 204 g/mol. The van der Waals surface area contributed by atoms with Crippen molar-refractivity contribution in [3.05, 3.63) is 48.6 Å². The van der Waals surface area contributed by atoms with Gasteiger partial charge in [0.25, 0.3) is 0 Å². The summed E-state index contributed by atoms with van der Waals surface area (Å²) >= 11 is 0. The number of allylic oxidation sites excluding steroid dienone is 1. The lowest BCUT2D eigenvalue weighted by Crippen LogP contribution is -2.23. The van der Waals surface area contributed by atoms with Crippen molar-refractivity contribution < 1.29 is 0 Å². The highest BCUT2D eigenvalue weighted by Gasteiger charge is 2.26. The smallest absolute Gasteiger partial charge is 0.0129 e. The Balaban J connectivity index is 2.87. The van der Waals surface area contributed by atoms with Crippen LogP contribution in [0, 0.1) is 0 Å². The zero-order valence-corrected chi connectivity index (χ0v) is 11.4. The van der Waals surface area contributed by atoms with Gasteiger partial charge in [0.2, 0.25) is 0 Å². The van der Waals surface area contributed by atoms with Crippen molar-refractivity contribution in [2.75, 3.05) is 0 Å². The molecule has 0 heteroatoms. The fourth-order valence-electron chi connectivity index (χ4n) is 2.64. The summed E-state index contributed by atoms with van der Waals surface area (Å²) in [5.74, 6) is 0. The van der Waals surface area contributed by atoms with E-state index in [1.165, 1.54) is 44.1 Å². The van der Waals surface area contributed by atoms with Crippen molar-refractivity contribution >= 4 is 0 Å². The Morgan fingerprint density at radius 3 is 2.24 bits per heavy atom. The van der Waals surface area contributed by atoms with Gasteiger partial charge in [-0.3, -0.25) is 0 Å². The first kappa shape index (κ1) is 14.0. The molecule has 1 aromatic rings. The number of hydrogen-bond acceptors (Lipinski definition) is 0. The summed E-state index contributed by atoms with van der Waals surface area (Å²) in [6.45, 7) is 8.63. The van der Waals surface area contributed by atoms with Gasteiger partial charge in [-0.05, 0) is 18.4 Å². The third-order valence-corrected chi connectivity index (χ3v) is 3.66. The fraction of sp³-hybridized carbons (Fsp3) is 0.529. The Kier molecular flexibility index (Phi) is 6.04. The molecule has 17 heavy (non-hydrogen) atoms. The molecule has 0 aliphatic heterocycles. The lowest BCUT2D eigenvalue weighted by molar-refractivity contribution is 0.425. The Bertz CT molecular complexity index is 312. The van der Waals surface area contributed by atoms with Gasteiger partial charge in [0, 0.05) is 5.41 Å². The Hall–Kier alpha value is -1.04. The van der Waals surface area contributed by atoms with Crippen LogP contribution in [0.4, 0.5) is 0 Å². The predicted molar refractivity (Wildman–Crippen MR) is 77.4 cm³/mol. The molecule has 0 saturated heterocycles. The van der Waals surface area contributed by atoms with Crippen molar-refractivity contribution in [1.82, 2.24) is 0 Å². The second kappa shape index (κ2) is 7.32. The lowest BCUT2D eigenvalue weighted by Gasteiger charge is -2.31. The molecule has 0 bridgehead atoms. The van der Waals surface area contributed by atoms with Gasteiger partial charge in [0.05, 0.1) is 0 Å². The van der Waals surface area contributed by atoms with Crippen LogP contribution in [0.3, 0.4) is 0 Å². The summed E-state index contributed by atoms with van der Waals surface area (Å²) < 4.78 is 0. The zero-order valence-electron chi connectivity index (χ0n) is 11.4. The minimum atomic E-state index is 0.200. The van der Waals surface area contributed by atoms with Crippen LogP contribution in [-0.2, 0) is 5.41 Å². The number of unbranched alkanes of at least 4 members (excludes halogenated alkanes) is 2. The molecule has 0 aliphatic rings. The molecule has 1 rings (SSSR count). The summed E-state index contributed by atoms with van der Waals surface area (Å²) in [7, 11) is 0. The van der Waals surface area contributed by atoms with E-state index in [2.05, 4.69) is 56.8 Å². The average molecular weight is 230 g/mol. The van der Waals surface area contributed by atoms with E-state index in [0.29, 0.717) is 0 Å². The molecule has 0 spiro atoms. The minimum absolute atomic E-state index is 0.200. The number of benzene rings is 1. The molecule has 0 N–H and O–H groups in total. The predicted octanol–water partition coefficient (Wildman–Crippen LogP) is 5.49. The molecular formula is C17H26. The lowest BCUT2D eigenvalue weighted by atomic mass is 9.73. The highest BCUT2D eigenvalue weighted by Crippen LogP contribution is 2.36. The minimum Gasteiger partial charge on any atom is -0.102 e. The first-order valence-electron chi connectivity index (χ1n) is 6.98. The van der Waals surface area contributed by atoms with Crippen LogP contribution in [0.1, 0.15) is 57.9 Å². The quantitative estimate of drug-likeness (QED) is 0.409. The topological polar surface area (TPSA) is 0 Å². The van der Waals surface area contributed by atoms with E-state index >= 15 is 0 Å². The van der Waals surface area contributed by atoms with Gasteiger partial charge in [-0.25, -0.2) is 0 Å². The molecule has 0 radical (unpaired) electrons. The maximum atomic E-state index is 4.11. The van der Waals surface area contributed by atoms with Gasteiger partial charge < -0.3 is 0 Å². The Morgan fingerprint density at radius 2 is 1.71 bits per heavy atom. The van der Waals surface area contributed by atoms with Crippen LogP contribution in [-0.4, -0.2) is 0 Å². The standard InChI is InChI=1S/C17H26/c1-4-7-11-15-17(6-3,14-5-2)16-12-9-8-10-13-16/h6,8-10,12-13H,3-5,7,11,14-15H2,1-2H3. The fourth-order valence-corrected chi connectivity index (χ4v) is 2.64. The largest absolute Gasteiger partial charge is 0.102 e. The second-order valence-electron chi connectivity index (χ2n) is 4.93. The molecule has 1 atom stereocenters. The Labute approximate surface area is 107 Å². The maximum Gasteiger partial charge on any atom is 0.0129 e. The molecule has 0 aliphatic carbocycles. The van der Waals surface area contributed by atoms with Crippen LogP contribution in [0.25, 0.3) is 0 Å². The van der Waals surface area contributed by atoms with E-state index in [9.17, 15) is 0 Å². The normalized spacial score (nSPS) is 14.2. The van der Waals surface area contributed by atoms with E-state index < -0.39 is 0 Å². The molecule has 0 amide bonds. The molecule has 0 aromatic heterocycles. The third-order valence-electron chi connectivity index (χ3n) is 3.66. The van der Waals surface area contributed by atoms with Crippen LogP contribution in [0.15, 0.2) is 43.0 Å². The van der Waals surface area contributed by atoms with E-state index in [0.717, 1.165) is 0 Å². The molecule has 94 valence electrons. The maximum absolute atomic E-state index is 4.11. The van der Waals surface area contributed by atoms with Crippen LogP contribution in [0.5, 0.6) is 0 Å². The van der Waals surface area contributed by atoms with E-state index in [4.69, 9.17) is 0 Å². The molecule has 0 heterocycles. The second-order valence-corrected chi connectivity index (χ2v) is 4.93. The van der Waals surface area contributed by atoms with Crippen molar-refractivity contribution in [2.24, 2.45) is 0 Å². The van der Waals surface area contributed by atoms with Gasteiger partial charge in [-0.2, -0.15) is 0 Å². The van der Waals surface area contributed by atoms with Crippen molar-refractivity contribution in [1.29, 1.82) is 0 Å². The molecule has 0 fully saturated rings. The van der Waals surface area contributed by atoms with E-state index in [1.54, 1.807) is 0 Å². The van der Waals surface area contributed by atoms with Gasteiger partial charge >= 0.3 is 0 Å². The first-order valence-corrected chi connectivity index (χ1v) is 6.98. The van der Waals surface area contributed by atoms with Gasteiger partial charge in [0.15, 0.2) is 0 Å². The van der Waals surface area contributed by atoms with Crippen molar-refractivity contribution in [2.45, 2.75) is 57.8 Å². The third kappa shape index (κ3) is 3.73. The summed E-state index contributed by atoms with van der Waals surface area (Å²) in [6, 6.07) is 10.9. The molecule has 0 saturated carbocycles. The summed E-state index contributed by atoms with van der Waals surface area (Å²) in [5.41, 5.74) is 1.64.